The van der Waals surface area contributed by atoms with E-state index in [0.717, 1.165) is 24.2 Å². The summed E-state index contributed by atoms with van der Waals surface area (Å²) in [5.41, 5.74) is 2.76. The van der Waals surface area contributed by atoms with Crippen LogP contribution in [-0.4, -0.2) is 38.9 Å². The summed E-state index contributed by atoms with van der Waals surface area (Å²) in [6, 6.07) is 16.8. The van der Waals surface area contributed by atoms with Gasteiger partial charge >= 0.3 is 0 Å². The van der Waals surface area contributed by atoms with Crippen LogP contribution in [0.5, 0.6) is 0 Å². The van der Waals surface area contributed by atoms with Crippen LogP contribution in [0.1, 0.15) is 38.3 Å². The van der Waals surface area contributed by atoms with Crippen molar-refractivity contribution < 1.29 is 8.42 Å². The lowest BCUT2D eigenvalue weighted by molar-refractivity contribution is 0.433. The first-order valence-electron chi connectivity index (χ1n) is 9.57. The maximum atomic E-state index is 13.1. The third kappa shape index (κ3) is 4.37. The van der Waals surface area contributed by atoms with Crippen molar-refractivity contribution in [2.24, 2.45) is 0 Å². The van der Waals surface area contributed by atoms with E-state index in [-0.39, 0.29) is 5.41 Å². The Morgan fingerprint density at radius 3 is 2.11 bits per heavy atom. The van der Waals surface area contributed by atoms with Gasteiger partial charge in [-0.25, -0.2) is 8.42 Å². The van der Waals surface area contributed by atoms with Crippen molar-refractivity contribution in [3.8, 4) is 6.07 Å². The largest absolute Gasteiger partial charge is 0.370 e. The summed E-state index contributed by atoms with van der Waals surface area (Å²) in [5.74, 6) is 0. The van der Waals surface area contributed by atoms with Crippen LogP contribution in [0, 0.1) is 11.3 Å². The van der Waals surface area contributed by atoms with Gasteiger partial charge in [-0.2, -0.15) is 9.57 Å². The highest BCUT2D eigenvalue weighted by Crippen LogP contribution is 2.25. The molecule has 2 aromatic carbocycles. The van der Waals surface area contributed by atoms with Crippen LogP contribution in [0.4, 0.5) is 5.69 Å². The van der Waals surface area contributed by atoms with E-state index in [1.165, 1.54) is 0 Å². The van der Waals surface area contributed by atoms with Crippen LogP contribution in [0.25, 0.3) is 0 Å². The van der Waals surface area contributed by atoms with E-state index in [1.807, 2.05) is 24.3 Å². The molecular formula is C22H27N3O2S. The Bertz CT molecular complexity index is 953. The summed E-state index contributed by atoms with van der Waals surface area (Å²) < 4.78 is 27.8. The van der Waals surface area contributed by atoms with E-state index in [2.05, 4.69) is 31.7 Å². The molecule has 0 unspecified atom stereocenters. The standard InChI is InChI=1S/C22H27N3O2S/c1-22(2,3)19-7-11-21(12-8-19)28(26,27)25-14-4-13-24(15-16-25)20-9-5-18(17-23)6-10-20/h5-12H,4,13-16H2,1-3H3. The third-order valence-electron chi connectivity index (χ3n) is 5.17. The average molecular weight is 398 g/mol. The summed E-state index contributed by atoms with van der Waals surface area (Å²) in [6.07, 6.45) is 0.763. The first-order valence-corrected chi connectivity index (χ1v) is 11.0. The van der Waals surface area contributed by atoms with Crippen LogP contribution >= 0.6 is 0 Å². The lowest BCUT2D eigenvalue weighted by Crippen LogP contribution is -2.35. The molecule has 28 heavy (non-hydrogen) atoms. The predicted molar refractivity (Wildman–Crippen MR) is 112 cm³/mol. The molecule has 1 heterocycles. The van der Waals surface area contributed by atoms with Gasteiger partial charge in [-0.3, -0.25) is 0 Å². The van der Waals surface area contributed by atoms with Crippen LogP contribution in [0.3, 0.4) is 0 Å². The zero-order valence-electron chi connectivity index (χ0n) is 16.7. The maximum Gasteiger partial charge on any atom is 0.243 e. The van der Waals surface area contributed by atoms with Crippen LogP contribution in [0.15, 0.2) is 53.4 Å². The highest BCUT2D eigenvalue weighted by molar-refractivity contribution is 7.89. The molecule has 1 saturated heterocycles. The maximum absolute atomic E-state index is 13.1. The van der Waals surface area contributed by atoms with Gasteiger partial charge in [-0.15, -0.1) is 0 Å². The molecule has 5 nitrogen and oxygen atoms in total. The summed E-state index contributed by atoms with van der Waals surface area (Å²) >= 11 is 0. The topological polar surface area (TPSA) is 64.4 Å². The molecule has 0 aromatic heterocycles. The molecule has 0 saturated carbocycles. The van der Waals surface area contributed by atoms with Gasteiger partial charge in [-0.1, -0.05) is 32.9 Å². The van der Waals surface area contributed by atoms with E-state index in [9.17, 15) is 8.42 Å². The fraction of sp³-hybridized carbons (Fsp3) is 0.409. The monoisotopic (exact) mass is 397 g/mol. The number of nitriles is 1. The van der Waals surface area contributed by atoms with E-state index >= 15 is 0 Å². The number of nitrogens with zero attached hydrogens (tertiary/aromatic N) is 3. The normalized spacial score (nSPS) is 16.4. The van der Waals surface area contributed by atoms with Gasteiger partial charge in [-0.05, 0) is 53.8 Å². The Balaban J connectivity index is 1.74. The first kappa shape index (κ1) is 20.4. The van der Waals surface area contributed by atoms with Gasteiger partial charge in [0.15, 0.2) is 0 Å². The second kappa shape index (κ2) is 7.94. The number of anilines is 1. The summed E-state index contributed by atoms with van der Waals surface area (Å²) in [5, 5.41) is 8.94. The van der Waals surface area contributed by atoms with E-state index in [0.29, 0.717) is 30.1 Å². The zero-order chi connectivity index (χ0) is 20.4. The van der Waals surface area contributed by atoms with Crippen molar-refractivity contribution in [3.05, 3.63) is 59.7 Å². The summed E-state index contributed by atoms with van der Waals surface area (Å²) in [7, 11) is -3.50. The molecule has 0 N–H and O–H groups in total. The van der Waals surface area contributed by atoms with Gasteiger partial charge in [0.25, 0.3) is 0 Å². The summed E-state index contributed by atoms with van der Waals surface area (Å²) in [4.78, 5) is 2.53. The minimum absolute atomic E-state index is 0.00745. The lowest BCUT2D eigenvalue weighted by atomic mass is 9.87. The molecule has 0 atom stereocenters. The third-order valence-corrected chi connectivity index (χ3v) is 7.09. The van der Waals surface area contributed by atoms with E-state index in [1.54, 1.807) is 28.6 Å². The highest BCUT2D eigenvalue weighted by atomic mass is 32.2. The molecule has 0 radical (unpaired) electrons. The number of hydrogen-bond acceptors (Lipinski definition) is 4. The quantitative estimate of drug-likeness (QED) is 0.791. The molecule has 0 spiro atoms. The molecule has 148 valence electrons. The van der Waals surface area contributed by atoms with Gasteiger partial charge in [0.05, 0.1) is 16.5 Å². The Kier molecular flexibility index (Phi) is 5.78. The van der Waals surface area contributed by atoms with Gasteiger partial charge in [0.1, 0.15) is 0 Å². The fourth-order valence-corrected chi connectivity index (χ4v) is 4.88. The molecule has 2 aromatic rings. The Morgan fingerprint density at radius 2 is 1.54 bits per heavy atom. The van der Waals surface area contributed by atoms with Crippen LogP contribution in [0.2, 0.25) is 0 Å². The predicted octanol–water partition coefficient (Wildman–Crippen LogP) is 3.76. The molecule has 0 amide bonds. The number of sulfonamides is 1. The van der Waals surface area contributed by atoms with Crippen molar-refractivity contribution in [2.75, 3.05) is 31.1 Å². The number of hydrogen-bond donors (Lipinski definition) is 0. The molecule has 1 aliphatic rings. The molecule has 0 bridgehead atoms. The fourth-order valence-electron chi connectivity index (χ4n) is 3.42. The number of benzene rings is 2. The molecule has 1 fully saturated rings. The molecule has 0 aliphatic carbocycles. The molecular weight excluding hydrogens is 370 g/mol. The van der Waals surface area contributed by atoms with Crippen molar-refractivity contribution >= 4 is 15.7 Å². The SMILES string of the molecule is CC(C)(C)c1ccc(S(=O)(=O)N2CCCN(c3ccc(C#N)cc3)CC2)cc1. The molecule has 1 aliphatic heterocycles. The number of rotatable bonds is 3. The van der Waals surface area contributed by atoms with Gasteiger partial charge in [0, 0.05) is 31.9 Å². The minimum Gasteiger partial charge on any atom is -0.370 e. The smallest absolute Gasteiger partial charge is 0.243 e. The van der Waals surface area contributed by atoms with Crippen molar-refractivity contribution in [1.29, 1.82) is 5.26 Å². The second-order valence-electron chi connectivity index (χ2n) is 8.18. The van der Waals surface area contributed by atoms with Crippen LogP contribution < -0.4 is 4.90 Å². The van der Waals surface area contributed by atoms with E-state index in [4.69, 9.17) is 5.26 Å². The first-order chi connectivity index (χ1) is 13.2. The molecule has 6 heteroatoms. The Labute approximate surface area is 168 Å². The van der Waals surface area contributed by atoms with E-state index < -0.39 is 10.0 Å². The van der Waals surface area contributed by atoms with Crippen molar-refractivity contribution in [2.45, 2.75) is 37.5 Å². The minimum atomic E-state index is -3.50. The Hall–Kier alpha value is -2.36. The van der Waals surface area contributed by atoms with Crippen molar-refractivity contribution in [1.82, 2.24) is 4.31 Å². The molecule has 3 rings (SSSR count). The second-order valence-corrected chi connectivity index (χ2v) is 10.1. The van der Waals surface area contributed by atoms with Crippen molar-refractivity contribution in [3.63, 3.8) is 0 Å². The zero-order valence-corrected chi connectivity index (χ0v) is 17.5. The van der Waals surface area contributed by atoms with Crippen LogP contribution in [-0.2, 0) is 15.4 Å². The average Bonchev–Trinajstić information content (AvgIpc) is 2.94. The van der Waals surface area contributed by atoms with Gasteiger partial charge < -0.3 is 4.90 Å². The van der Waals surface area contributed by atoms with Gasteiger partial charge in [0.2, 0.25) is 10.0 Å². The summed E-state index contributed by atoms with van der Waals surface area (Å²) in [6.45, 7) is 8.72. The lowest BCUT2D eigenvalue weighted by Gasteiger charge is -2.24. The highest BCUT2D eigenvalue weighted by Gasteiger charge is 2.27. The Morgan fingerprint density at radius 1 is 0.893 bits per heavy atom.